The van der Waals surface area contributed by atoms with Crippen LogP contribution in [0, 0.1) is 6.92 Å². The third-order valence-electron chi connectivity index (χ3n) is 3.71. The van der Waals surface area contributed by atoms with Gasteiger partial charge in [0.15, 0.2) is 0 Å². The molecule has 1 heterocycles. The standard InChI is InChI=1S/C19H24N4O3/c1-3-26-12-4-9-22-19(25)17(15-7-5-14(2)6-8-15)23-18(24)16-13-20-10-11-21-16/h5-8,10-11,13,17H,3-4,9,12H2,1-2H3,(H,22,25)(H,23,24)/t17-/m1/s1. The smallest absolute Gasteiger partial charge is 0.272 e. The van der Waals surface area contributed by atoms with Gasteiger partial charge in [-0.2, -0.15) is 0 Å². The summed E-state index contributed by atoms with van der Waals surface area (Å²) >= 11 is 0. The van der Waals surface area contributed by atoms with E-state index in [0.717, 1.165) is 5.56 Å². The van der Waals surface area contributed by atoms with Gasteiger partial charge in [0.25, 0.3) is 5.91 Å². The minimum absolute atomic E-state index is 0.161. The Morgan fingerprint density at radius 1 is 1.19 bits per heavy atom. The average molecular weight is 356 g/mol. The van der Waals surface area contributed by atoms with Crippen LogP contribution in [-0.2, 0) is 9.53 Å². The van der Waals surface area contributed by atoms with Crippen LogP contribution < -0.4 is 10.6 Å². The average Bonchev–Trinajstić information content (AvgIpc) is 2.67. The van der Waals surface area contributed by atoms with Crippen molar-refractivity contribution in [3.63, 3.8) is 0 Å². The molecule has 7 nitrogen and oxygen atoms in total. The number of carbonyl (C=O) groups excluding carboxylic acids is 2. The molecule has 26 heavy (non-hydrogen) atoms. The summed E-state index contributed by atoms with van der Waals surface area (Å²) in [5.41, 5.74) is 1.94. The number of hydrogen-bond acceptors (Lipinski definition) is 5. The van der Waals surface area contributed by atoms with Crippen molar-refractivity contribution >= 4 is 11.8 Å². The molecule has 0 saturated carbocycles. The number of ether oxygens (including phenoxy) is 1. The van der Waals surface area contributed by atoms with E-state index in [4.69, 9.17) is 4.74 Å². The van der Waals surface area contributed by atoms with Crippen LogP contribution in [0.3, 0.4) is 0 Å². The molecular weight excluding hydrogens is 332 g/mol. The van der Waals surface area contributed by atoms with Crippen LogP contribution >= 0.6 is 0 Å². The summed E-state index contributed by atoms with van der Waals surface area (Å²) < 4.78 is 5.26. The number of hydrogen-bond donors (Lipinski definition) is 2. The van der Waals surface area contributed by atoms with Crippen molar-refractivity contribution in [2.45, 2.75) is 26.3 Å². The fourth-order valence-electron chi connectivity index (χ4n) is 2.31. The molecule has 2 amide bonds. The van der Waals surface area contributed by atoms with Gasteiger partial charge < -0.3 is 15.4 Å². The van der Waals surface area contributed by atoms with Crippen LogP contribution in [0.2, 0.25) is 0 Å². The molecule has 0 radical (unpaired) electrons. The first-order valence-electron chi connectivity index (χ1n) is 8.60. The van der Waals surface area contributed by atoms with Gasteiger partial charge in [-0.15, -0.1) is 0 Å². The monoisotopic (exact) mass is 356 g/mol. The number of carbonyl (C=O) groups is 2. The second-order valence-corrected chi connectivity index (χ2v) is 5.75. The fourth-order valence-corrected chi connectivity index (χ4v) is 2.31. The molecule has 2 rings (SSSR count). The summed E-state index contributed by atoms with van der Waals surface area (Å²) in [5, 5.41) is 5.58. The van der Waals surface area contributed by atoms with Crippen molar-refractivity contribution in [2.75, 3.05) is 19.8 Å². The highest BCUT2D eigenvalue weighted by atomic mass is 16.5. The molecule has 7 heteroatoms. The van der Waals surface area contributed by atoms with Crippen molar-refractivity contribution < 1.29 is 14.3 Å². The Hall–Kier alpha value is -2.80. The lowest BCUT2D eigenvalue weighted by atomic mass is 10.0. The summed E-state index contributed by atoms with van der Waals surface area (Å²) in [6.07, 6.45) is 4.99. The number of rotatable bonds is 9. The van der Waals surface area contributed by atoms with Gasteiger partial charge in [0.2, 0.25) is 5.91 Å². The first-order chi connectivity index (χ1) is 12.6. The van der Waals surface area contributed by atoms with E-state index in [2.05, 4.69) is 20.6 Å². The van der Waals surface area contributed by atoms with E-state index in [1.807, 2.05) is 38.1 Å². The SMILES string of the molecule is CCOCCCNC(=O)[C@H](NC(=O)c1cnccn1)c1ccc(C)cc1. The molecule has 2 N–H and O–H groups in total. The molecule has 0 bridgehead atoms. The van der Waals surface area contributed by atoms with Crippen LogP contribution in [0.15, 0.2) is 42.9 Å². The molecule has 0 spiro atoms. The first kappa shape index (κ1) is 19.5. The zero-order valence-corrected chi connectivity index (χ0v) is 15.1. The molecule has 0 aliphatic carbocycles. The Bertz CT molecular complexity index is 704. The fraction of sp³-hybridized carbons (Fsp3) is 0.368. The normalized spacial score (nSPS) is 11.6. The minimum Gasteiger partial charge on any atom is -0.382 e. The van der Waals surface area contributed by atoms with E-state index in [1.165, 1.54) is 18.6 Å². The summed E-state index contributed by atoms with van der Waals surface area (Å²) in [7, 11) is 0. The number of aryl methyl sites for hydroxylation is 1. The Morgan fingerprint density at radius 3 is 2.62 bits per heavy atom. The maximum atomic E-state index is 12.6. The molecule has 2 aromatic rings. The lowest BCUT2D eigenvalue weighted by Crippen LogP contribution is -2.41. The van der Waals surface area contributed by atoms with E-state index in [-0.39, 0.29) is 11.6 Å². The first-order valence-corrected chi connectivity index (χ1v) is 8.60. The number of nitrogens with zero attached hydrogens (tertiary/aromatic N) is 2. The topological polar surface area (TPSA) is 93.2 Å². The second kappa shape index (κ2) is 10.2. The Balaban J connectivity index is 2.07. The molecular formula is C19H24N4O3. The van der Waals surface area contributed by atoms with Crippen LogP contribution in [0.1, 0.15) is 41.0 Å². The third kappa shape index (κ3) is 5.93. The van der Waals surface area contributed by atoms with Crippen molar-refractivity contribution in [1.82, 2.24) is 20.6 Å². The van der Waals surface area contributed by atoms with Crippen LogP contribution in [0.25, 0.3) is 0 Å². The van der Waals surface area contributed by atoms with Gasteiger partial charge >= 0.3 is 0 Å². The summed E-state index contributed by atoms with van der Waals surface area (Å²) in [6.45, 7) is 5.59. The predicted octanol–water partition coefficient (Wildman–Crippen LogP) is 1.80. The highest BCUT2D eigenvalue weighted by Crippen LogP contribution is 2.15. The van der Waals surface area contributed by atoms with E-state index >= 15 is 0 Å². The predicted molar refractivity (Wildman–Crippen MR) is 97.5 cm³/mol. The van der Waals surface area contributed by atoms with Crippen molar-refractivity contribution in [2.24, 2.45) is 0 Å². The van der Waals surface area contributed by atoms with Gasteiger partial charge in [-0.05, 0) is 25.8 Å². The molecule has 0 aliphatic heterocycles. The van der Waals surface area contributed by atoms with E-state index in [0.29, 0.717) is 31.7 Å². The summed E-state index contributed by atoms with van der Waals surface area (Å²) in [6, 6.07) is 6.66. The summed E-state index contributed by atoms with van der Waals surface area (Å²) in [5.74, 6) is -0.726. The van der Waals surface area contributed by atoms with E-state index in [9.17, 15) is 9.59 Å². The Morgan fingerprint density at radius 2 is 1.96 bits per heavy atom. The van der Waals surface area contributed by atoms with Crippen molar-refractivity contribution in [1.29, 1.82) is 0 Å². The number of amides is 2. The van der Waals surface area contributed by atoms with Crippen LogP contribution in [-0.4, -0.2) is 41.5 Å². The lowest BCUT2D eigenvalue weighted by Gasteiger charge is -2.19. The second-order valence-electron chi connectivity index (χ2n) is 5.75. The minimum atomic E-state index is -0.808. The third-order valence-corrected chi connectivity index (χ3v) is 3.71. The van der Waals surface area contributed by atoms with Gasteiger partial charge in [-0.1, -0.05) is 29.8 Å². The Labute approximate surface area is 153 Å². The largest absolute Gasteiger partial charge is 0.382 e. The van der Waals surface area contributed by atoms with Gasteiger partial charge in [0, 0.05) is 32.2 Å². The molecule has 0 saturated heterocycles. The molecule has 1 aromatic heterocycles. The zero-order chi connectivity index (χ0) is 18.8. The highest BCUT2D eigenvalue weighted by Gasteiger charge is 2.23. The maximum Gasteiger partial charge on any atom is 0.272 e. The molecule has 1 atom stereocenters. The quantitative estimate of drug-likeness (QED) is 0.668. The molecule has 138 valence electrons. The van der Waals surface area contributed by atoms with Gasteiger partial charge in [-0.25, -0.2) is 4.98 Å². The number of aromatic nitrogens is 2. The number of nitrogens with one attached hydrogen (secondary N) is 2. The van der Waals surface area contributed by atoms with Gasteiger partial charge in [0.05, 0.1) is 6.20 Å². The van der Waals surface area contributed by atoms with E-state index in [1.54, 1.807) is 0 Å². The molecule has 1 aromatic carbocycles. The van der Waals surface area contributed by atoms with Gasteiger partial charge in [0.1, 0.15) is 11.7 Å². The maximum absolute atomic E-state index is 12.6. The number of benzene rings is 1. The van der Waals surface area contributed by atoms with Crippen LogP contribution in [0.4, 0.5) is 0 Å². The van der Waals surface area contributed by atoms with E-state index < -0.39 is 11.9 Å². The Kier molecular flexibility index (Phi) is 7.70. The zero-order valence-electron chi connectivity index (χ0n) is 15.1. The summed E-state index contributed by atoms with van der Waals surface area (Å²) in [4.78, 5) is 32.9. The molecule has 0 aliphatic rings. The van der Waals surface area contributed by atoms with Crippen LogP contribution in [0.5, 0.6) is 0 Å². The van der Waals surface area contributed by atoms with Crippen molar-refractivity contribution in [3.8, 4) is 0 Å². The molecule has 0 unspecified atom stereocenters. The lowest BCUT2D eigenvalue weighted by molar-refractivity contribution is -0.123. The van der Waals surface area contributed by atoms with Gasteiger partial charge in [-0.3, -0.25) is 14.6 Å². The molecule has 0 fully saturated rings. The van der Waals surface area contributed by atoms with Crippen molar-refractivity contribution in [3.05, 3.63) is 59.7 Å². The highest BCUT2D eigenvalue weighted by molar-refractivity contribution is 5.96.